The van der Waals surface area contributed by atoms with Crippen molar-refractivity contribution in [1.82, 2.24) is 0 Å². The lowest BCUT2D eigenvalue weighted by Crippen LogP contribution is -2.50. The topological polar surface area (TPSA) is 38.7 Å². The lowest BCUT2D eigenvalue weighted by molar-refractivity contribution is -0.153. The first-order valence-corrected chi connectivity index (χ1v) is 10.1. The van der Waals surface area contributed by atoms with Crippen molar-refractivity contribution in [2.45, 2.75) is 58.3 Å². The van der Waals surface area contributed by atoms with Crippen LogP contribution in [0.2, 0.25) is 0 Å². The van der Waals surface area contributed by atoms with E-state index in [2.05, 4.69) is 25.1 Å². The van der Waals surface area contributed by atoms with Crippen LogP contribution in [0.5, 0.6) is 5.75 Å². The molecule has 3 rings (SSSR count). The maximum Gasteiger partial charge on any atom is 0.122 e. The Morgan fingerprint density at radius 1 is 1.20 bits per heavy atom. The number of hydrogen-bond acceptors (Lipinski definition) is 3. The molecule has 1 aliphatic carbocycles. The Labute approximate surface area is 152 Å². The van der Waals surface area contributed by atoms with Crippen LogP contribution in [0.15, 0.2) is 24.3 Å². The van der Waals surface area contributed by atoms with Crippen molar-refractivity contribution in [3.05, 3.63) is 29.8 Å². The normalized spacial score (nSPS) is 21.5. The van der Waals surface area contributed by atoms with Crippen molar-refractivity contribution >= 4 is 0 Å². The van der Waals surface area contributed by atoms with Gasteiger partial charge >= 0.3 is 0 Å². The molecule has 1 aliphatic heterocycles. The van der Waals surface area contributed by atoms with Crippen LogP contribution >= 0.6 is 0 Å². The average molecular weight is 347 g/mol. The molecule has 1 aromatic carbocycles. The first-order valence-electron chi connectivity index (χ1n) is 10.1. The van der Waals surface area contributed by atoms with Crippen molar-refractivity contribution in [3.8, 4) is 5.75 Å². The summed E-state index contributed by atoms with van der Waals surface area (Å²) in [4.78, 5) is 0. The van der Waals surface area contributed by atoms with Crippen LogP contribution < -0.4 is 4.74 Å². The van der Waals surface area contributed by atoms with Crippen LogP contribution in [0.1, 0.15) is 57.4 Å². The predicted octanol–water partition coefficient (Wildman–Crippen LogP) is 4.61. The molecule has 2 aliphatic rings. The summed E-state index contributed by atoms with van der Waals surface area (Å²) >= 11 is 0. The number of aliphatic hydroxyl groups is 1. The molecule has 1 heterocycles. The van der Waals surface area contributed by atoms with Gasteiger partial charge in [0.1, 0.15) is 12.4 Å². The maximum absolute atomic E-state index is 9.56. The van der Waals surface area contributed by atoms with Gasteiger partial charge in [-0.1, -0.05) is 57.2 Å². The van der Waals surface area contributed by atoms with Gasteiger partial charge in [0.05, 0.1) is 25.2 Å². The molecule has 1 unspecified atom stereocenters. The zero-order valence-corrected chi connectivity index (χ0v) is 15.7. The molecule has 0 aromatic heterocycles. The monoisotopic (exact) mass is 346 g/mol. The van der Waals surface area contributed by atoms with Crippen molar-refractivity contribution in [3.63, 3.8) is 0 Å². The summed E-state index contributed by atoms with van der Waals surface area (Å²) in [5.74, 6) is 2.71. The van der Waals surface area contributed by atoms with Crippen LogP contribution in [-0.4, -0.2) is 31.5 Å². The molecule has 0 bridgehead atoms. The number of aliphatic hydroxyl groups excluding tert-OH is 1. The summed E-state index contributed by atoms with van der Waals surface area (Å²) in [6, 6.07) is 8.38. The summed E-state index contributed by atoms with van der Waals surface area (Å²) < 4.78 is 11.3. The fourth-order valence-corrected chi connectivity index (χ4v) is 4.20. The highest BCUT2D eigenvalue weighted by Gasteiger charge is 2.39. The molecular formula is C22H34O3. The third-order valence-electron chi connectivity index (χ3n) is 6.03. The fraction of sp³-hybridized carbons (Fsp3) is 0.727. The Hall–Kier alpha value is -1.06. The number of benzene rings is 1. The molecule has 1 saturated carbocycles. The number of para-hydroxylation sites is 1. The van der Waals surface area contributed by atoms with Crippen LogP contribution in [-0.2, 0) is 11.2 Å². The Bertz CT molecular complexity index is 512. The predicted molar refractivity (Wildman–Crippen MR) is 101 cm³/mol. The van der Waals surface area contributed by atoms with Gasteiger partial charge < -0.3 is 14.6 Å². The van der Waals surface area contributed by atoms with Gasteiger partial charge in [-0.3, -0.25) is 0 Å². The summed E-state index contributed by atoms with van der Waals surface area (Å²) in [5.41, 5.74) is 1.10. The van der Waals surface area contributed by atoms with Crippen LogP contribution in [0, 0.1) is 17.3 Å². The van der Waals surface area contributed by atoms with Gasteiger partial charge in [-0.25, -0.2) is 0 Å². The van der Waals surface area contributed by atoms with Crippen molar-refractivity contribution in [1.29, 1.82) is 0 Å². The number of rotatable bonds is 9. The maximum atomic E-state index is 9.56. The minimum Gasteiger partial charge on any atom is -0.492 e. The van der Waals surface area contributed by atoms with Crippen LogP contribution in [0.4, 0.5) is 0 Å². The van der Waals surface area contributed by atoms with Crippen molar-refractivity contribution in [2.75, 3.05) is 26.4 Å². The Morgan fingerprint density at radius 3 is 2.64 bits per heavy atom. The van der Waals surface area contributed by atoms with Crippen LogP contribution in [0.3, 0.4) is 0 Å². The molecule has 25 heavy (non-hydrogen) atoms. The lowest BCUT2D eigenvalue weighted by atomic mass is 9.82. The molecule has 1 atom stereocenters. The van der Waals surface area contributed by atoms with Crippen LogP contribution in [0.25, 0.3) is 0 Å². The van der Waals surface area contributed by atoms with Gasteiger partial charge in [0.25, 0.3) is 0 Å². The van der Waals surface area contributed by atoms with Gasteiger partial charge in [0.2, 0.25) is 0 Å². The summed E-state index contributed by atoms with van der Waals surface area (Å²) in [7, 11) is 0. The standard InChI is InChI=1S/C22H34O3/c1-18(13-19-7-3-2-4-8-19)11-12-20-9-5-6-10-21(20)25-17-22(14-23)15-24-16-22/h5-6,9-10,18-19,23H,2-4,7-8,11-17H2,1H3. The van der Waals surface area contributed by atoms with Gasteiger partial charge in [0.15, 0.2) is 0 Å². The molecule has 1 aromatic rings. The quantitative estimate of drug-likeness (QED) is 0.709. The molecule has 2 fully saturated rings. The minimum atomic E-state index is -0.193. The molecular weight excluding hydrogens is 312 g/mol. The van der Waals surface area contributed by atoms with E-state index >= 15 is 0 Å². The smallest absolute Gasteiger partial charge is 0.122 e. The summed E-state index contributed by atoms with van der Waals surface area (Å²) in [6.45, 7) is 4.28. The zero-order valence-electron chi connectivity index (χ0n) is 15.7. The second kappa shape index (κ2) is 9.05. The van der Waals surface area contributed by atoms with E-state index in [4.69, 9.17) is 9.47 Å². The second-order valence-electron chi connectivity index (χ2n) is 8.43. The van der Waals surface area contributed by atoms with E-state index in [1.807, 2.05) is 6.07 Å². The molecule has 3 nitrogen and oxygen atoms in total. The van der Waals surface area contributed by atoms with Gasteiger partial charge in [-0.2, -0.15) is 0 Å². The zero-order chi connectivity index (χ0) is 17.5. The summed E-state index contributed by atoms with van der Waals surface area (Å²) in [6.07, 6.45) is 10.9. The highest BCUT2D eigenvalue weighted by atomic mass is 16.5. The van der Waals surface area contributed by atoms with Gasteiger partial charge in [-0.15, -0.1) is 0 Å². The first-order chi connectivity index (χ1) is 12.2. The molecule has 0 radical (unpaired) electrons. The SMILES string of the molecule is CC(CCc1ccccc1OCC1(CO)COC1)CC1CCCCC1. The number of aryl methyl sites for hydroxylation is 1. The van der Waals surface area contributed by atoms with Gasteiger partial charge in [0, 0.05) is 0 Å². The third kappa shape index (κ3) is 5.21. The van der Waals surface area contributed by atoms with E-state index in [0.29, 0.717) is 19.8 Å². The molecule has 140 valence electrons. The molecule has 1 N–H and O–H groups in total. The van der Waals surface area contributed by atoms with Gasteiger partial charge in [-0.05, 0) is 42.7 Å². The van der Waals surface area contributed by atoms with Crippen molar-refractivity contribution < 1.29 is 14.6 Å². The van der Waals surface area contributed by atoms with E-state index in [9.17, 15) is 5.11 Å². The second-order valence-corrected chi connectivity index (χ2v) is 8.43. The van der Waals surface area contributed by atoms with E-state index < -0.39 is 0 Å². The Kier molecular flexibility index (Phi) is 6.77. The lowest BCUT2D eigenvalue weighted by Gasteiger charge is -2.39. The first kappa shape index (κ1) is 18.7. The van der Waals surface area contributed by atoms with E-state index in [-0.39, 0.29) is 12.0 Å². The molecule has 0 spiro atoms. The molecule has 0 amide bonds. The Morgan fingerprint density at radius 2 is 1.96 bits per heavy atom. The van der Waals surface area contributed by atoms with E-state index in [1.54, 1.807) is 0 Å². The minimum absolute atomic E-state index is 0.133. The fourth-order valence-electron chi connectivity index (χ4n) is 4.20. The molecule has 1 saturated heterocycles. The number of hydrogen-bond donors (Lipinski definition) is 1. The highest BCUT2D eigenvalue weighted by molar-refractivity contribution is 5.33. The average Bonchev–Trinajstić information content (AvgIpc) is 2.61. The third-order valence-corrected chi connectivity index (χ3v) is 6.03. The largest absolute Gasteiger partial charge is 0.492 e. The highest BCUT2D eigenvalue weighted by Crippen LogP contribution is 2.32. The van der Waals surface area contributed by atoms with E-state index in [1.165, 1.54) is 50.5 Å². The molecule has 3 heteroatoms. The van der Waals surface area contributed by atoms with Crippen molar-refractivity contribution in [2.24, 2.45) is 17.3 Å². The van der Waals surface area contributed by atoms with E-state index in [0.717, 1.165) is 24.0 Å². The Balaban J connectivity index is 1.48. The number of ether oxygens (including phenoxy) is 2. The summed E-state index contributed by atoms with van der Waals surface area (Å²) in [5, 5.41) is 9.56.